The minimum atomic E-state index is -0.652. The molecule has 0 aliphatic heterocycles. The number of halogens is 1. The molecule has 4 heteroatoms. The van der Waals surface area contributed by atoms with E-state index in [1.165, 1.54) is 12.0 Å². The van der Waals surface area contributed by atoms with Crippen LogP contribution in [0.1, 0.15) is 44.6 Å². The number of amides is 1. The van der Waals surface area contributed by atoms with Gasteiger partial charge in [0, 0.05) is 10.5 Å². The van der Waals surface area contributed by atoms with Gasteiger partial charge in [0.25, 0.3) is 0 Å². The SMILES string of the molecule is CC(Cc1ccccc1Br)NC(=O)C1(N)CCCCC1. The van der Waals surface area contributed by atoms with Crippen molar-refractivity contribution in [2.24, 2.45) is 5.73 Å². The lowest BCUT2D eigenvalue weighted by atomic mass is 9.81. The van der Waals surface area contributed by atoms with E-state index in [0.717, 1.165) is 36.6 Å². The maximum absolute atomic E-state index is 12.4. The number of carbonyl (C=O) groups excluding carboxylic acids is 1. The second-order valence-corrected chi connectivity index (χ2v) is 6.74. The van der Waals surface area contributed by atoms with Crippen LogP contribution in [-0.2, 0) is 11.2 Å². The summed E-state index contributed by atoms with van der Waals surface area (Å²) in [5.41, 5.74) is 6.80. The van der Waals surface area contributed by atoms with Crippen LogP contribution in [0, 0.1) is 0 Å². The van der Waals surface area contributed by atoms with Crippen LogP contribution in [0.5, 0.6) is 0 Å². The molecule has 1 saturated carbocycles. The molecule has 2 rings (SSSR count). The van der Waals surface area contributed by atoms with E-state index in [4.69, 9.17) is 5.73 Å². The van der Waals surface area contributed by atoms with Gasteiger partial charge in [0.1, 0.15) is 0 Å². The molecule has 110 valence electrons. The third-order valence-electron chi connectivity index (χ3n) is 4.06. The lowest BCUT2D eigenvalue weighted by molar-refractivity contribution is -0.128. The summed E-state index contributed by atoms with van der Waals surface area (Å²) in [7, 11) is 0. The highest BCUT2D eigenvalue weighted by molar-refractivity contribution is 9.10. The Balaban J connectivity index is 1.92. The molecule has 3 nitrogen and oxygen atoms in total. The number of nitrogens with two attached hydrogens (primary N) is 1. The first-order chi connectivity index (χ1) is 9.51. The Morgan fingerprint density at radius 2 is 2.00 bits per heavy atom. The van der Waals surface area contributed by atoms with Gasteiger partial charge in [-0.1, -0.05) is 53.4 Å². The van der Waals surface area contributed by atoms with Crippen molar-refractivity contribution < 1.29 is 4.79 Å². The normalized spacial score (nSPS) is 19.4. The quantitative estimate of drug-likeness (QED) is 0.885. The number of hydrogen-bond acceptors (Lipinski definition) is 2. The first-order valence-electron chi connectivity index (χ1n) is 7.34. The molecule has 1 unspecified atom stereocenters. The smallest absolute Gasteiger partial charge is 0.240 e. The Morgan fingerprint density at radius 1 is 1.35 bits per heavy atom. The maximum Gasteiger partial charge on any atom is 0.240 e. The van der Waals surface area contributed by atoms with Gasteiger partial charge in [0.15, 0.2) is 0 Å². The Morgan fingerprint density at radius 3 is 2.65 bits per heavy atom. The van der Waals surface area contributed by atoms with E-state index in [1.54, 1.807) is 0 Å². The van der Waals surface area contributed by atoms with Crippen molar-refractivity contribution in [1.29, 1.82) is 0 Å². The van der Waals surface area contributed by atoms with Crippen LogP contribution in [0.2, 0.25) is 0 Å². The molecule has 0 bridgehead atoms. The molecule has 1 amide bonds. The second-order valence-electron chi connectivity index (χ2n) is 5.89. The third-order valence-corrected chi connectivity index (χ3v) is 4.83. The van der Waals surface area contributed by atoms with Crippen molar-refractivity contribution in [1.82, 2.24) is 5.32 Å². The first-order valence-corrected chi connectivity index (χ1v) is 8.14. The molecule has 0 spiro atoms. The van der Waals surface area contributed by atoms with Crippen LogP contribution < -0.4 is 11.1 Å². The number of nitrogens with one attached hydrogen (secondary N) is 1. The summed E-state index contributed by atoms with van der Waals surface area (Å²) >= 11 is 3.54. The molecular weight excluding hydrogens is 316 g/mol. The highest BCUT2D eigenvalue weighted by atomic mass is 79.9. The fourth-order valence-electron chi connectivity index (χ4n) is 2.82. The molecule has 0 aromatic heterocycles. The van der Waals surface area contributed by atoms with E-state index < -0.39 is 5.54 Å². The molecule has 1 atom stereocenters. The third kappa shape index (κ3) is 3.83. The molecule has 0 heterocycles. The number of rotatable bonds is 4. The molecule has 1 aromatic carbocycles. The molecule has 0 saturated heterocycles. The van der Waals surface area contributed by atoms with E-state index in [-0.39, 0.29) is 11.9 Å². The Bertz CT molecular complexity index is 469. The van der Waals surface area contributed by atoms with Gasteiger partial charge in [-0.25, -0.2) is 0 Å². The molecule has 20 heavy (non-hydrogen) atoms. The minimum absolute atomic E-state index is 0.0109. The van der Waals surface area contributed by atoms with Gasteiger partial charge in [-0.15, -0.1) is 0 Å². The van der Waals surface area contributed by atoms with Crippen molar-refractivity contribution in [3.63, 3.8) is 0 Å². The van der Waals surface area contributed by atoms with E-state index in [9.17, 15) is 4.79 Å². The zero-order valence-corrected chi connectivity index (χ0v) is 13.6. The fourth-order valence-corrected chi connectivity index (χ4v) is 3.27. The van der Waals surface area contributed by atoms with Gasteiger partial charge in [-0.05, 0) is 37.8 Å². The summed E-state index contributed by atoms with van der Waals surface area (Å²) in [5, 5.41) is 3.08. The van der Waals surface area contributed by atoms with Crippen LogP contribution in [-0.4, -0.2) is 17.5 Å². The van der Waals surface area contributed by atoms with Crippen LogP contribution >= 0.6 is 15.9 Å². The van der Waals surface area contributed by atoms with Gasteiger partial charge in [-0.2, -0.15) is 0 Å². The summed E-state index contributed by atoms with van der Waals surface area (Å²) in [6, 6.07) is 8.19. The van der Waals surface area contributed by atoms with Crippen LogP contribution in [0.4, 0.5) is 0 Å². The van der Waals surface area contributed by atoms with E-state index in [1.807, 2.05) is 25.1 Å². The first kappa shape index (κ1) is 15.5. The summed E-state index contributed by atoms with van der Waals surface area (Å²) in [6.45, 7) is 2.03. The lowest BCUT2D eigenvalue weighted by Crippen LogP contribution is -2.56. The van der Waals surface area contributed by atoms with Crippen LogP contribution in [0.25, 0.3) is 0 Å². The number of hydrogen-bond donors (Lipinski definition) is 2. The van der Waals surface area contributed by atoms with Gasteiger partial charge in [0.2, 0.25) is 5.91 Å². The van der Waals surface area contributed by atoms with Crippen molar-refractivity contribution in [2.75, 3.05) is 0 Å². The van der Waals surface area contributed by atoms with Gasteiger partial charge >= 0.3 is 0 Å². The fraction of sp³-hybridized carbons (Fsp3) is 0.562. The predicted molar refractivity (Wildman–Crippen MR) is 85.5 cm³/mol. The summed E-state index contributed by atoms with van der Waals surface area (Å²) in [5.74, 6) is 0.0109. The predicted octanol–water partition coefficient (Wildman–Crippen LogP) is 3.16. The number of carbonyl (C=O) groups is 1. The van der Waals surface area contributed by atoms with Gasteiger partial charge in [-0.3, -0.25) is 4.79 Å². The van der Waals surface area contributed by atoms with Crippen molar-refractivity contribution >= 4 is 21.8 Å². The molecule has 0 radical (unpaired) electrons. The Labute approximate surface area is 129 Å². The molecular formula is C16H23BrN2O. The van der Waals surface area contributed by atoms with E-state index in [2.05, 4.69) is 27.3 Å². The Kier molecular flexibility index (Phi) is 5.22. The molecule has 1 fully saturated rings. The summed E-state index contributed by atoms with van der Waals surface area (Å²) < 4.78 is 1.08. The average molecular weight is 339 g/mol. The highest BCUT2D eigenvalue weighted by Crippen LogP contribution is 2.26. The second kappa shape index (κ2) is 6.72. The van der Waals surface area contributed by atoms with Gasteiger partial charge in [0.05, 0.1) is 5.54 Å². The zero-order valence-electron chi connectivity index (χ0n) is 12.0. The lowest BCUT2D eigenvalue weighted by Gasteiger charge is -2.33. The molecule has 1 aromatic rings. The zero-order chi connectivity index (χ0) is 14.6. The summed E-state index contributed by atoms with van der Waals surface area (Å²) in [4.78, 5) is 12.4. The van der Waals surface area contributed by atoms with Gasteiger partial charge < -0.3 is 11.1 Å². The van der Waals surface area contributed by atoms with E-state index in [0.29, 0.717) is 0 Å². The van der Waals surface area contributed by atoms with Crippen LogP contribution in [0.15, 0.2) is 28.7 Å². The van der Waals surface area contributed by atoms with Crippen molar-refractivity contribution in [3.05, 3.63) is 34.3 Å². The topological polar surface area (TPSA) is 55.1 Å². The summed E-state index contributed by atoms with van der Waals surface area (Å²) in [6.07, 6.45) is 5.73. The van der Waals surface area contributed by atoms with Crippen molar-refractivity contribution in [3.8, 4) is 0 Å². The maximum atomic E-state index is 12.4. The number of benzene rings is 1. The molecule has 1 aliphatic carbocycles. The minimum Gasteiger partial charge on any atom is -0.352 e. The highest BCUT2D eigenvalue weighted by Gasteiger charge is 2.35. The standard InChI is InChI=1S/C16H23BrN2O/c1-12(11-13-7-3-4-8-14(13)17)19-15(20)16(18)9-5-2-6-10-16/h3-4,7-8,12H,2,5-6,9-11,18H2,1H3,(H,19,20). The van der Waals surface area contributed by atoms with E-state index >= 15 is 0 Å². The monoisotopic (exact) mass is 338 g/mol. The van der Waals surface area contributed by atoms with Crippen molar-refractivity contribution in [2.45, 2.75) is 57.0 Å². The largest absolute Gasteiger partial charge is 0.352 e. The molecule has 1 aliphatic rings. The molecule has 3 N–H and O–H groups in total. The Hall–Kier alpha value is -0.870. The van der Waals surface area contributed by atoms with Crippen LogP contribution in [0.3, 0.4) is 0 Å². The average Bonchev–Trinajstić information content (AvgIpc) is 2.42.